The molecule has 0 fully saturated rings. The first-order valence-electron chi connectivity index (χ1n) is 5.82. The number of anilines is 1. The summed E-state index contributed by atoms with van der Waals surface area (Å²) in [6, 6.07) is 3.49. The minimum Gasteiger partial charge on any atom is -0.378 e. The van der Waals surface area contributed by atoms with E-state index in [9.17, 15) is 8.78 Å². The summed E-state index contributed by atoms with van der Waals surface area (Å²) in [6.45, 7) is 5.25. The molecule has 0 amide bonds. The summed E-state index contributed by atoms with van der Waals surface area (Å²) >= 11 is 0. The summed E-state index contributed by atoms with van der Waals surface area (Å²) in [7, 11) is 0. The van der Waals surface area contributed by atoms with Crippen LogP contribution in [0.4, 0.5) is 14.5 Å². The van der Waals surface area contributed by atoms with Crippen molar-refractivity contribution in [3.8, 4) is 0 Å². The van der Waals surface area contributed by atoms with Crippen LogP contribution in [0, 0.1) is 18.6 Å². The fourth-order valence-electron chi connectivity index (χ4n) is 1.80. The van der Waals surface area contributed by atoms with Gasteiger partial charge >= 0.3 is 0 Å². The molecule has 2 aromatic rings. The lowest BCUT2D eigenvalue weighted by Crippen LogP contribution is -2.04. The molecule has 0 aliphatic heterocycles. The molecule has 2 rings (SSSR count). The molecule has 1 aromatic heterocycles. The van der Waals surface area contributed by atoms with Crippen LogP contribution in [0.5, 0.6) is 0 Å². The van der Waals surface area contributed by atoms with Gasteiger partial charge in [0.15, 0.2) is 0 Å². The van der Waals surface area contributed by atoms with Crippen LogP contribution in [0.3, 0.4) is 0 Å². The van der Waals surface area contributed by atoms with E-state index in [1.54, 1.807) is 6.20 Å². The summed E-state index contributed by atoms with van der Waals surface area (Å²) in [5.74, 6) is -1.16. The molecule has 1 aromatic carbocycles. The largest absolute Gasteiger partial charge is 0.378 e. The zero-order chi connectivity index (χ0) is 13.1. The monoisotopic (exact) mass is 251 g/mol. The van der Waals surface area contributed by atoms with Crippen LogP contribution in [0.25, 0.3) is 0 Å². The van der Waals surface area contributed by atoms with Crippen molar-refractivity contribution in [2.45, 2.75) is 26.9 Å². The van der Waals surface area contributed by atoms with E-state index in [0.717, 1.165) is 23.9 Å². The lowest BCUT2D eigenvalue weighted by molar-refractivity contribution is 0.585. The van der Waals surface area contributed by atoms with Crippen molar-refractivity contribution in [2.24, 2.45) is 0 Å². The summed E-state index contributed by atoms with van der Waals surface area (Å²) in [6.07, 6.45) is 1.76. The van der Waals surface area contributed by atoms with Crippen molar-refractivity contribution in [1.82, 2.24) is 9.78 Å². The summed E-state index contributed by atoms with van der Waals surface area (Å²) in [5, 5.41) is 7.15. The van der Waals surface area contributed by atoms with E-state index < -0.39 is 11.6 Å². The van der Waals surface area contributed by atoms with Gasteiger partial charge in [-0.2, -0.15) is 5.10 Å². The summed E-state index contributed by atoms with van der Waals surface area (Å²) in [4.78, 5) is 0. The molecule has 0 unspecified atom stereocenters. The molecule has 5 heteroatoms. The first kappa shape index (κ1) is 12.5. The zero-order valence-electron chi connectivity index (χ0n) is 10.4. The van der Waals surface area contributed by atoms with Gasteiger partial charge in [-0.25, -0.2) is 8.78 Å². The number of aryl methyl sites for hydroxylation is 1. The Kier molecular flexibility index (Phi) is 3.60. The maximum absolute atomic E-state index is 13.4. The quantitative estimate of drug-likeness (QED) is 0.904. The van der Waals surface area contributed by atoms with Crippen molar-refractivity contribution in [1.29, 1.82) is 0 Å². The van der Waals surface area contributed by atoms with Crippen LogP contribution in [0.2, 0.25) is 0 Å². The second-order valence-corrected chi connectivity index (χ2v) is 4.05. The van der Waals surface area contributed by atoms with Gasteiger partial charge in [-0.05, 0) is 26.0 Å². The normalized spacial score (nSPS) is 10.7. The molecule has 18 heavy (non-hydrogen) atoms. The Labute approximate surface area is 104 Å². The first-order chi connectivity index (χ1) is 8.61. The minimum atomic E-state index is -0.587. The van der Waals surface area contributed by atoms with Gasteiger partial charge in [0, 0.05) is 30.4 Å². The second kappa shape index (κ2) is 5.16. The number of nitrogens with one attached hydrogen (secondary N) is 1. The Morgan fingerprint density at radius 2 is 2.11 bits per heavy atom. The Balaban J connectivity index is 2.09. The lowest BCUT2D eigenvalue weighted by atomic mass is 10.2. The van der Waals surface area contributed by atoms with E-state index in [-0.39, 0.29) is 0 Å². The van der Waals surface area contributed by atoms with Gasteiger partial charge in [0.2, 0.25) is 0 Å². The number of nitrogens with zero attached hydrogens (tertiary/aromatic N) is 2. The molecule has 96 valence electrons. The number of hydrogen-bond acceptors (Lipinski definition) is 2. The molecule has 3 nitrogen and oxygen atoms in total. The Hall–Kier alpha value is -1.91. The van der Waals surface area contributed by atoms with E-state index in [1.807, 2.05) is 18.5 Å². The van der Waals surface area contributed by atoms with Gasteiger partial charge in [-0.15, -0.1) is 0 Å². The smallest absolute Gasteiger partial charge is 0.149 e. The molecule has 1 N–H and O–H groups in total. The predicted molar refractivity (Wildman–Crippen MR) is 66.3 cm³/mol. The zero-order valence-corrected chi connectivity index (χ0v) is 10.4. The summed E-state index contributed by atoms with van der Waals surface area (Å²) < 4.78 is 28.0. The van der Waals surface area contributed by atoms with Gasteiger partial charge in [0.05, 0.1) is 11.9 Å². The average molecular weight is 251 g/mol. The van der Waals surface area contributed by atoms with Crippen molar-refractivity contribution >= 4 is 5.69 Å². The van der Waals surface area contributed by atoms with Crippen LogP contribution >= 0.6 is 0 Å². The fourth-order valence-corrected chi connectivity index (χ4v) is 1.80. The van der Waals surface area contributed by atoms with Crippen molar-refractivity contribution in [3.63, 3.8) is 0 Å². The lowest BCUT2D eigenvalue weighted by Gasteiger charge is -2.07. The minimum absolute atomic E-state index is 0.292. The SMILES string of the molecule is CCn1ncc(CNc2ccc(F)cc2F)c1C. The number of halogens is 2. The molecule has 0 atom stereocenters. The molecule has 0 spiro atoms. The van der Waals surface area contributed by atoms with Crippen molar-refractivity contribution in [2.75, 3.05) is 5.32 Å². The molecule has 0 saturated heterocycles. The molecule has 1 heterocycles. The van der Waals surface area contributed by atoms with E-state index >= 15 is 0 Å². The topological polar surface area (TPSA) is 29.9 Å². The van der Waals surface area contributed by atoms with Crippen LogP contribution in [0.15, 0.2) is 24.4 Å². The third-order valence-electron chi connectivity index (χ3n) is 2.90. The van der Waals surface area contributed by atoms with Gasteiger partial charge < -0.3 is 5.32 Å². The molecule has 0 bridgehead atoms. The van der Waals surface area contributed by atoms with E-state index in [1.165, 1.54) is 12.1 Å². The third-order valence-corrected chi connectivity index (χ3v) is 2.90. The Morgan fingerprint density at radius 1 is 1.33 bits per heavy atom. The van der Waals surface area contributed by atoms with Crippen LogP contribution in [0.1, 0.15) is 18.2 Å². The van der Waals surface area contributed by atoms with Gasteiger partial charge in [-0.1, -0.05) is 0 Å². The molecule has 0 aliphatic rings. The van der Waals surface area contributed by atoms with E-state index in [2.05, 4.69) is 10.4 Å². The highest BCUT2D eigenvalue weighted by atomic mass is 19.1. The highest BCUT2D eigenvalue weighted by Crippen LogP contribution is 2.17. The molecular formula is C13H15F2N3. The Morgan fingerprint density at radius 3 is 2.72 bits per heavy atom. The number of hydrogen-bond donors (Lipinski definition) is 1. The maximum Gasteiger partial charge on any atom is 0.149 e. The number of benzene rings is 1. The maximum atomic E-state index is 13.4. The third kappa shape index (κ3) is 2.50. The van der Waals surface area contributed by atoms with Crippen LogP contribution < -0.4 is 5.32 Å². The van der Waals surface area contributed by atoms with Crippen LogP contribution in [-0.4, -0.2) is 9.78 Å². The standard InChI is InChI=1S/C13H15F2N3/c1-3-18-9(2)10(8-17-18)7-16-13-5-4-11(14)6-12(13)15/h4-6,8,16H,3,7H2,1-2H3. The van der Waals surface area contributed by atoms with Crippen molar-refractivity contribution < 1.29 is 8.78 Å². The fraction of sp³-hybridized carbons (Fsp3) is 0.308. The Bertz CT molecular complexity index is 549. The van der Waals surface area contributed by atoms with Gasteiger partial charge in [0.25, 0.3) is 0 Å². The number of aromatic nitrogens is 2. The predicted octanol–water partition coefficient (Wildman–Crippen LogP) is 3.10. The number of rotatable bonds is 4. The van der Waals surface area contributed by atoms with E-state index in [0.29, 0.717) is 12.2 Å². The molecule has 0 aliphatic carbocycles. The summed E-state index contributed by atoms with van der Waals surface area (Å²) in [5.41, 5.74) is 2.34. The average Bonchev–Trinajstić information content (AvgIpc) is 2.69. The first-order valence-corrected chi connectivity index (χ1v) is 5.82. The molecular weight excluding hydrogens is 236 g/mol. The van der Waals surface area contributed by atoms with E-state index in [4.69, 9.17) is 0 Å². The van der Waals surface area contributed by atoms with Gasteiger partial charge in [-0.3, -0.25) is 4.68 Å². The molecule has 0 radical (unpaired) electrons. The highest BCUT2D eigenvalue weighted by molar-refractivity contribution is 5.45. The van der Waals surface area contributed by atoms with Crippen molar-refractivity contribution in [3.05, 3.63) is 47.3 Å². The molecule has 0 saturated carbocycles. The highest BCUT2D eigenvalue weighted by Gasteiger charge is 2.07. The van der Waals surface area contributed by atoms with Gasteiger partial charge in [0.1, 0.15) is 11.6 Å². The second-order valence-electron chi connectivity index (χ2n) is 4.05. The van der Waals surface area contributed by atoms with Crippen LogP contribution in [-0.2, 0) is 13.1 Å².